The molecule has 0 aliphatic rings. The van der Waals surface area contributed by atoms with E-state index in [1.54, 1.807) is 0 Å². The van der Waals surface area contributed by atoms with Crippen molar-refractivity contribution in [1.29, 1.82) is 0 Å². The van der Waals surface area contributed by atoms with Crippen LogP contribution < -0.4 is 26.6 Å². The number of nitrogens with zero attached hydrogens (tertiary/aromatic N) is 7. The minimum atomic E-state index is -0.531. The number of hydrogen-bond donors (Lipinski definition) is 8. The SMILES string of the molecule is O=C(NCCN(CCNC(=O)Nc1nnc[nH]1)C(=O)Nc1nnc[nH]1)Nc1nnc[nH]1. The van der Waals surface area contributed by atoms with E-state index in [9.17, 15) is 14.4 Å². The van der Waals surface area contributed by atoms with E-state index in [2.05, 4.69) is 72.1 Å². The molecule has 3 heterocycles. The predicted molar refractivity (Wildman–Crippen MR) is 104 cm³/mol. The van der Waals surface area contributed by atoms with Gasteiger partial charge in [-0.3, -0.25) is 16.0 Å². The lowest BCUT2D eigenvalue weighted by atomic mass is 10.4. The fourth-order valence-electron chi connectivity index (χ4n) is 2.21. The summed E-state index contributed by atoms with van der Waals surface area (Å²) in [7, 11) is 0. The van der Waals surface area contributed by atoms with Gasteiger partial charge >= 0.3 is 18.1 Å². The molecule has 0 saturated heterocycles. The van der Waals surface area contributed by atoms with Gasteiger partial charge in [-0.05, 0) is 0 Å². The molecule has 0 atom stereocenters. The molecule has 31 heavy (non-hydrogen) atoms. The van der Waals surface area contributed by atoms with Crippen molar-refractivity contribution in [3.05, 3.63) is 19.0 Å². The van der Waals surface area contributed by atoms with Crippen LogP contribution in [0.4, 0.5) is 32.2 Å². The van der Waals surface area contributed by atoms with Gasteiger partial charge in [0, 0.05) is 26.2 Å². The first-order valence-corrected chi connectivity index (χ1v) is 8.84. The van der Waals surface area contributed by atoms with Crippen molar-refractivity contribution in [3.8, 4) is 0 Å². The van der Waals surface area contributed by atoms with Gasteiger partial charge in [0.05, 0.1) is 0 Å². The molecule has 0 aliphatic heterocycles. The summed E-state index contributed by atoms with van der Waals surface area (Å²) < 4.78 is 0. The Morgan fingerprint density at radius 2 is 1.13 bits per heavy atom. The molecule has 164 valence electrons. The van der Waals surface area contributed by atoms with Crippen LogP contribution in [0.15, 0.2) is 19.0 Å². The fraction of sp³-hybridized carbons (Fsp3) is 0.308. The average molecular weight is 433 g/mol. The lowest BCUT2D eigenvalue weighted by molar-refractivity contribution is 0.210. The van der Waals surface area contributed by atoms with E-state index in [1.807, 2.05) is 0 Å². The topological polar surface area (TPSA) is 239 Å². The summed E-state index contributed by atoms with van der Waals surface area (Å²) in [5, 5.41) is 34.2. The third-order valence-electron chi connectivity index (χ3n) is 3.56. The summed E-state index contributed by atoms with van der Waals surface area (Å²) in [6.45, 7) is 0.506. The number of rotatable bonds is 9. The van der Waals surface area contributed by atoms with Crippen molar-refractivity contribution in [1.82, 2.24) is 61.1 Å². The van der Waals surface area contributed by atoms with Crippen LogP contribution in [0.3, 0.4) is 0 Å². The Morgan fingerprint density at radius 1 is 0.710 bits per heavy atom. The van der Waals surface area contributed by atoms with Gasteiger partial charge in [0.25, 0.3) is 0 Å². The van der Waals surface area contributed by atoms with Crippen molar-refractivity contribution in [3.63, 3.8) is 0 Å². The first kappa shape index (κ1) is 21.0. The van der Waals surface area contributed by atoms with Crippen LogP contribution in [-0.4, -0.2) is 94.7 Å². The van der Waals surface area contributed by atoms with E-state index >= 15 is 0 Å². The maximum absolute atomic E-state index is 12.5. The Balaban J connectivity index is 1.45. The van der Waals surface area contributed by atoms with E-state index in [0.717, 1.165) is 0 Å². The van der Waals surface area contributed by atoms with E-state index in [-0.39, 0.29) is 44.0 Å². The lowest BCUT2D eigenvalue weighted by Gasteiger charge is -2.22. The molecule has 0 aromatic carbocycles. The summed E-state index contributed by atoms with van der Waals surface area (Å²) in [4.78, 5) is 45.4. The average Bonchev–Trinajstić information content (AvgIpc) is 3.51. The van der Waals surface area contributed by atoms with E-state index in [0.29, 0.717) is 0 Å². The van der Waals surface area contributed by atoms with E-state index in [4.69, 9.17) is 0 Å². The third kappa shape index (κ3) is 6.96. The number of anilines is 3. The summed E-state index contributed by atoms with van der Waals surface area (Å²) in [6.07, 6.45) is 3.94. The largest absolute Gasteiger partial charge is 0.336 e. The number of nitrogens with one attached hydrogen (secondary N) is 8. The molecule has 0 fully saturated rings. The first-order chi connectivity index (χ1) is 15.1. The van der Waals surface area contributed by atoms with Crippen LogP contribution in [0.25, 0.3) is 0 Å². The molecule has 3 rings (SSSR count). The number of amides is 6. The number of aromatic nitrogens is 9. The normalized spacial score (nSPS) is 10.2. The van der Waals surface area contributed by atoms with Crippen molar-refractivity contribution >= 4 is 35.9 Å². The number of aromatic amines is 3. The fourth-order valence-corrected chi connectivity index (χ4v) is 2.21. The Kier molecular flexibility index (Phi) is 7.22. The van der Waals surface area contributed by atoms with E-state index < -0.39 is 18.1 Å². The maximum Gasteiger partial charge on any atom is 0.324 e. The minimum Gasteiger partial charge on any atom is -0.336 e. The first-order valence-electron chi connectivity index (χ1n) is 8.84. The van der Waals surface area contributed by atoms with Crippen LogP contribution in [0, 0.1) is 0 Å². The number of carbonyl (C=O) groups excluding carboxylic acids is 3. The van der Waals surface area contributed by atoms with Gasteiger partial charge in [-0.25, -0.2) is 14.4 Å². The van der Waals surface area contributed by atoms with Crippen LogP contribution in [-0.2, 0) is 0 Å². The molecule has 0 unspecified atom stereocenters. The quantitative estimate of drug-likeness (QED) is 0.196. The Bertz CT molecular complexity index is 885. The molecule has 0 aliphatic carbocycles. The summed E-state index contributed by atoms with van der Waals surface area (Å²) in [6, 6.07) is -1.57. The second-order valence-corrected chi connectivity index (χ2v) is 5.69. The highest BCUT2D eigenvalue weighted by molar-refractivity contribution is 5.89. The number of hydrogen-bond acceptors (Lipinski definition) is 9. The van der Waals surface area contributed by atoms with Gasteiger partial charge in [0.15, 0.2) is 0 Å². The van der Waals surface area contributed by atoms with Gasteiger partial charge in [0.2, 0.25) is 17.8 Å². The minimum absolute atomic E-state index is 0.119. The molecule has 6 amide bonds. The van der Waals surface area contributed by atoms with Gasteiger partial charge < -0.3 is 30.5 Å². The molecule has 3 aromatic rings. The Morgan fingerprint density at radius 3 is 1.52 bits per heavy atom. The van der Waals surface area contributed by atoms with Crippen molar-refractivity contribution < 1.29 is 14.4 Å². The Labute approximate surface area is 173 Å². The number of urea groups is 3. The van der Waals surface area contributed by atoms with Crippen molar-refractivity contribution in [2.24, 2.45) is 0 Å². The standard InChI is InChI=1S/C13H19N15O3/c29-11(22-8-16-5-19-25-8)14-1-3-28(13(31)24-10-18-7-21-27-10)4-2-15-12(30)23-9-17-6-20-26-9/h5-7H,1-4H2,(H2,18,21,24,27,31)(H3,14,16,19,22,25,29)(H3,15,17,20,23,26,30). The smallest absolute Gasteiger partial charge is 0.324 e. The second kappa shape index (κ2) is 10.7. The maximum atomic E-state index is 12.5. The monoisotopic (exact) mass is 433 g/mol. The van der Waals surface area contributed by atoms with Crippen molar-refractivity contribution in [2.45, 2.75) is 0 Å². The number of H-pyrrole nitrogens is 3. The van der Waals surface area contributed by atoms with Crippen LogP contribution >= 0.6 is 0 Å². The lowest BCUT2D eigenvalue weighted by Crippen LogP contribution is -2.45. The van der Waals surface area contributed by atoms with Gasteiger partial charge in [-0.2, -0.15) is 0 Å². The second-order valence-electron chi connectivity index (χ2n) is 5.69. The third-order valence-corrected chi connectivity index (χ3v) is 3.56. The molecule has 0 bridgehead atoms. The zero-order valence-corrected chi connectivity index (χ0v) is 15.9. The zero-order valence-electron chi connectivity index (χ0n) is 15.9. The number of carbonyl (C=O) groups is 3. The van der Waals surface area contributed by atoms with Crippen LogP contribution in [0.5, 0.6) is 0 Å². The molecule has 3 aromatic heterocycles. The molecule has 18 nitrogen and oxygen atoms in total. The Hall–Kier alpha value is -4.77. The van der Waals surface area contributed by atoms with Crippen LogP contribution in [0.1, 0.15) is 0 Å². The molecule has 8 N–H and O–H groups in total. The van der Waals surface area contributed by atoms with Crippen LogP contribution in [0.2, 0.25) is 0 Å². The van der Waals surface area contributed by atoms with Crippen molar-refractivity contribution in [2.75, 3.05) is 42.1 Å². The highest BCUT2D eigenvalue weighted by Gasteiger charge is 2.16. The highest BCUT2D eigenvalue weighted by Crippen LogP contribution is 1.98. The van der Waals surface area contributed by atoms with E-state index in [1.165, 1.54) is 23.9 Å². The molecular weight excluding hydrogens is 414 g/mol. The summed E-state index contributed by atoms with van der Waals surface area (Å²) in [5.41, 5.74) is 0. The molecule has 0 spiro atoms. The molecule has 0 radical (unpaired) electrons. The summed E-state index contributed by atoms with van der Waals surface area (Å²) in [5.74, 6) is 0.515. The molecule has 0 saturated carbocycles. The highest BCUT2D eigenvalue weighted by atomic mass is 16.2. The van der Waals surface area contributed by atoms with Gasteiger partial charge in [-0.15, -0.1) is 30.6 Å². The van der Waals surface area contributed by atoms with Gasteiger partial charge in [-0.1, -0.05) is 0 Å². The zero-order chi connectivity index (χ0) is 21.9. The predicted octanol–water partition coefficient (Wildman–Crippen LogP) is -1.48. The summed E-state index contributed by atoms with van der Waals surface area (Å²) >= 11 is 0. The molecule has 18 heteroatoms. The molecular formula is C13H19N15O3. The van der Waals surface area contributed by atoms with Gasteiger partial charge in [0.1, 0.15) is 19.0 Å².